The minimum absolute atomic E-state index is 0.0594. The van der Waals surface area contributed by atoms with Crippen molar-refractivity contribution in [3.8, 4) is 0 Å². The summed E-state index contributed by atoms with van der Waals surface area (Å²) in [5, 5.41) is 3.15. The fraction of sp³-hybridized carbons (Fsp3) is 0.583. The molecule has 2 aromatic rings. The van der Waals surface area contributed by atoms with Gasteiger partial charge in [0.15, 0.2) is 10.9 Å². The van der Waals surface area contributed by atoms with Gasteiger partial charge in [0, 0.05) is 25.4 Å². The molecule has 7 nitrogen and oxygen atoms in total. The van der Waals surface area contributed by atoms with E-state index in [4.69, 9.17) is 4.42 Å². The molecule has 2 bridgehead atoms. The van der Waals surface area contributed by atoms with Crippen molar-refractivity contribution in [3.05, 3.63) is 34.2 Å². The molecule has 0 radical (unpaired) electrons. The zero-order valence-electron chi connectivity index (χ0n) is 19.0. The van der Waals surface area contributed by atoms with Crippen LogP contribution in [-0.2, 0) is 11.2 Å². The summed E-state index contributed by atoms with van der Waals surface area (Å²) in [4.78, 5) is 46.0. The maximum atomic E-state index is 13.5. The molecule has 32 heavy (non-hydrogen) atoms. The molecule has 3 aliphatic rings. The van der Waals surface area contributed by atoms with Crippen molar-refractivity contribution in [2.75, 3.05) is 11.9 Å². The number of anilines is 1. The van der Waals surface area contributed by atoms with Crippen LogP contribution in [0, 0.1) is 23.7 Å². The van der Waals surface area contributed by atoms with Crippen molar-refractivity contribution >= 4 is 34.1 Å². The van der Waals surface area contributed by atoms with Crippen LogP contribution in [0.4, 0.5) is 5.13 Å². The molecule has 2 aliphatic carbocycles. The lowest BCUT2D eigenvalue weighted by molar-refractivity contribution is -0.136. The number of nitrogens with zero attached hydrogens (tertiary/aromatic N) is 2. The summed E-state index contributed by atoms with van der Waals surface area (Å²) in [5.74, 6) is -0.137. The van der Waals surface area contributed by atoms with Gasteiger partial charge in [-0.2, -0.15) is 0 Å². The second-order valence-corrected chi connectivity index (χ2v) is 11.8. The Morgan fingerprint density at radius 2 is 2.03 bits per heavy atom. The third-order valence-corrected chi connectivity index (χ3v) is 8.25. The van der Waals surface area contributed by atoms with E-state index in [0.717, 1.165) is 25.8 Å². The van der Waals surface area contributed by atoms with E-state index in [2.05, 4.69) is 36.0 Å². The third-order valence-electron chi connectivity index (χ3n) is 7.19. The Hall–Kier alpha value is -2.48. The van der Waals surface area contributed by atoms with Crippen LogP contribution in [0.15, 0.2) is 16.7 Å². The highest BCUT2D eigenvalue weighted by atomic mass is 32.1. The number of likely N-dealkylation sites (tertiary alicyclic amines) is 1. The lowest BCUT2D eigenvalue weighted by Crippen LogP contribution is -2.43. The van der Waals surface area contributed by atoms with Crippen LogP contribution in [0.25, 0.3) is 0 Å². The Morgan fingerprint density at radius 3 is 2.75 bits per heavy atom. The maximum absolute atomic E-state index is 13.5. The van der Waals surface area contributed by atoms with E-state index < -0.39 is 0 Å². The second-order valence-electron chi connectivity index (χ2n) is 10.8. The number of aryl methyl sites for hydroxylation is 1. The van der Waals surface area contributed by atoms with Crippen molar-refractivity contribution < 1.29 is 18.8 Å². The van der Waals surface area contributed by atoms with Crippen molar-refractivity contribution in [3.63, 3.8) is 0 Å². The van der Waals surface area contributed by atoms with Crippen LogP contribution >= 0.6 is 11.3 Å². The van der Waals surface area contributed by atoms with E-state index in [0.29, 0.717) is 33.4 Å². The van der Waals surface area contributed by atoms with E-state index in [1.54, 1.807) is 13.0 Å². The first-order chi connectivity index (χ1) is 15.0. The summed E-state index contributed by atoms with van der Waals surface area (Å²) in [5.41, 5.74) is 1.46. The number of fused-ring (bicyclic) bond motifs is 3. The number of furan rings is 1. The van der Waals surface area contributed by atoms with Gasteiger partial charge >= 0.3 is 0 Å². The molecule has 8 heteroatoms. The van der Waals surface area contributed by atoms with Gasteiger partial charge in [0.25, 0.3) is 5.91 Å². The van der Waals surface area contributed by atoms with Gasteiger partial charge in [-0.1, -0.05) is 32.1 Å². The van der Waals surface area contributed by atoms with E-state index in [1.807, 2.05) is 0 Å². The predicted octanol–water partition coefficient (Wildman–Crippen LogP) is 4.47. The molecule has 2 aromatic heterocycles. The van der Waals surface area contributed by atoms with Gasteiger partial charge in [0.2, 0.25) is 5.91 Å². The Morgan fingerprint density at radius 1 is 1.25 bits per heavy atom. The van der Waals surface area contributed by atoms with Gasteiger partial charge in [-0.15, -0.1) is 0 Å². The molecule has 5 rings (SSSR count). The molecular formula is C24H29N3O4S. The smallest absolute Gasteiger partial charge is 0.260 e. The summed E-state index contributed by atoms with van der Waals surface area (Å²) in [6, 6.07) is 1.86. The second kappa shape index (κ2) is 7.27. The first-order valence-corrected chi connectivity index (χ1v) is 12.0. The molecular weight excluding hydrogens is 426 g/mol. The van der Waals surface area contributed by atoms with Crippen LogP contribution in [0.2, 0.25) is 0 Å². The zero-order valence-corrected chi connectivity index (χ0v) is 19.8. The number of thiazole rings is 1. The highest BCUT2D eigenvalue weighted by Crippen LogP contribution is 2.53. The number of hydrogen-bond donors (Lipinski definition) is 1. The fourth-order valence-electron chi connectivity index (χ4n) is 6.30. The molecule has 0 aromatic carbocycles. The van der Waals surface area contributed by atoms with E-state index in [1.165, 1.54) is 17.6 Å². The minimum Gasteiger partial charge on any atom is -0.469 e. The normalized spacial score (nSPS) is 28.5. The van der Waals surface area contributed by atoms with Gasteiger partial charge in [0.05, 0.1) is 28.3 Å². The number of carbonyl (C=O) groups is 3. The van der Waals surface area contributed by atoms with Gasteiger partial charge in [-0.25, -0.2) is 4.98 Å². The molecule has 3 atom stereocenters. The average molecular weight is 456 g/mol. The van der Waals surface area contributed by atoms with Crippen LogP contribution in [0.1, 0.15) is 77.9 Å². The minimum atomic E-state index is -0.372. The highest BCUT2D eigenvalue weighted by Gasteiger charge is 2.52. The van der Waals surface area contributed by atoms with Crippen LogP contribution in [0.5, 0.6) is 0 Å². The largest absolute Gasteiger partial charge is 0.469 e. The number of hydrogen-bond acceptors (Lipinski definition) is 6. The number of aromatic nitrogens is 1. The number of ketones is 1. The SMILES string of the molecule is Cc1occc1C(=O)Nc1nc2c(s1)C(=O)CC(C(=O)N1CC3(C)CC1CC(C)(C)C3)C2. The summed E-state index contributed by atoms with van der Waals surface area (Å²) in [7, 11) is 0. The number of Topliss-reactive ketones (excluding diaryl/α,β-unsaturated/α-hetero) is 1. The average Bonchev–Trinajstić information content (AvgIpc) is 3.35. The predicted molar refractivity (Wildman–Crippen MR) is 121 cm³/mol. The Balaban J connectivity index is 1.32. The standard InChI is InChI=1S/C24H29N3O4S/c1-13-16(5-6-31-13)20(29)26-22-25-17-7-14(8-18(28)19(17)32-22)21(30)27-12-24(4)10-15(27)9-23(2,3)11-24/h5-6,14-15H,7-12H2,1-4H3,(H,25,26,29). The van der Waals surface area contributed by atoms with Gasteiger partial charge in [-0.3, -0.25) is 19.7 Å². The zero-order chi connectivity index (χ0) is 22.8. The first-order valence-electron chi connectivity index (χ1n) is 11.2. The van der Waals surface area contributed by atoms with Gasteiger partial charge < -0.3 is 9.32 Å². The molecule has 3 unspecified atom stereocenters. The van der Waals surface area contributed by atoms with E-state index in [-0.39, 0.29) is 46.8 Å². The van der Waals surface area contributed by atoms with Gasteiger partial charge in [0.1, 0.15) is 5.76 Å². The quantitative estimate of drug-likeness (QED) is 0.737. The molecule has 1 saturated heterocycles. The Kier molecular flexibility index (Phi) is 4.85. The van der Waals surface area contributed by atoms with Crippen LogP contribution in [0.3, 0.4) is 0 Å². The lowest BCUT2D eigenvalue weighted by atomic mass is 9.65. The highest BCUT2D eigenvalue weighted by molar-refractivity contribution is 7.17. The number of rotatable bonds is 3. The summed E-state index contributed by atoms with van der Waals surface area (Å²) in [6.45, 7) is 9.36. The molecule has 170 valence electrons. The maximum Gasteiger partial charge on any atom is 0.260 e. The monoisotopic (exact) mass is 455 g/mol. The van der Waals surface area contributed by atoms with Crippen molar-refractivity contribution in [1.82, 2.24) is 9.88 Å². The van der Waals surface area contributed by atoms with E-state index in [9.17, 15) is 14.4 Å². The molecule has 1 aliphatic heterocycles. The van der Waals surface area contributed by atoms with Gasteiger partial charge in [-0.05, 0) is 43.1 Å². The van der Waals surface area contributed by atoms with Crippen LogP contribution in [-0.4, -0.2) is 40.1 Å². The third kappa shape index (κ3) is 3.68. The van der Waals surface area contributed by atoms with Crippen molar-refractivity contribution in [2.24, 2.45) is 16.7 Å². The van der Waals surface area contributed by atoms with Crippen molar-refractivity contribution in [2.45, 2.75) is 65.8 Å². The molecule has 1 N–H and O–H groups in total. The van der Waals surface area contributed by atoms with E-state index >= 15 is 0 Å². The molecule has 0 spiro atoms. The first kappa shape index (κ1) is 21.4. The molecule has 2 amide bonds. The number of carbonyl (C=O) groups excluding carboxylic acids is 3. The summed E-state index contributed by atoms with van der Waals surface area (Å²) in [6.07, 6.45) is 5.31. The summed E-state index contributed by atoms with van der Waals surface area (Å²) >= 11 is 1.19. The lowest BCUT2D eigenvalue weighted by Gasteiger charge is -2.39. The summed E-state index contributed by atoms with van der Waals surface area (Å²) < 4.78 is 5.19. The molecule has 2 fully saturated rings. The Labute approximate surface area is 191 Å². The number of nitrogens with one attached hydrogen (secondary N) is 1. The molecule has 3 heterocycles. The fourth-order valence-corrected chi connectivity index (χ4v) is 7.23. The Bertz CT molecular complexity index is 1120. The number of amides is 2. The van der Waals surface area contributed by atoms with Crippen molar-refractivity contribution in [1.29, 1.82) is 0 Å². The topological polar surface area (TPSA) is 92.5 Å². The van der Waals surface area contributed by atoms with Crippen LogP contribution < -0.4 is 5.32 Å². The molecule has 1 saturated carbocycles.